The van der Waals surface area contributed by atoms with Crippen LogP contribution in [0.5, 0.6) is 0 Å². The lowest BCUT2D eigenvalue weighted by atomic mass is 10.1. The van der Waals surface area contributed by atoms with E-state index in [1.807, 2.05) is 32.0 Å². The third-order valence-corrected chi connectivity index (χ3v) is 5.31. The van der Waals surface area contributed by atoms with Crippen LogP contribution in [0.1, 0.15) is 19.5 Å². The van der Waals surface area contributed by atoms with Crippen LogP contribution in [0.15, 0.2) is 24.4 Å². The monoisotopic (exact) mass is 334 g/mol. The molecule has 0 amide bonds. The number of pyridine rings is 1. The van der Waals surface area contributed by atoms with Crippen molar-refractivity contribution in [2.45, 2.75) is 26.3 Å². The van der Waals surface area contributed by atoms with Crippen LogP contribution >= 0.6 is 15.9 Å². The Labute approximate surface area is 117 Å². The first-order valence-electron chi connectivity index (χ1n) is 5.90. The minimum Gasteiger partial charge on any atom is -0.261 e. The van der Waals surface area contributed by atoms with Crippen LogP contribution in [0.25, 0.3) is 0 Å². The fourth-order valence-corrected chi connectivity index (χ4v) is 3.33. The molecule has 0 saturated heterocycles. The van der Waals surface area contributed by atoms with Gasteiger partial charge in [-0.1, -0.05) is 28.9 Å². The van der Waals surface area contributed by atoms with E-state index in [4.69, 9.17) is 0 Å². The third kappa shape index (κ3) is 5.46. The van der Waals surface area contributed by atoms with E-state index < -0.39 is 10.0 Å². The summed E-state index contributed by atoms with van der Waals surface area (Å²) in [4.78, 5) is 4.11. The Balaban J connectivity index is 2.50. The van der Waals surface area contributed by atoms with Gasteiger partial charge in [0, 0.05) is 29.7 Å². The molecule has 0 aliphatic carbocycles. The van der Waals surface area contributed by atoms with E-state index in [1.54, 1.807) is 6.20 Å². The molecule has 0 fully saturated rings. The lowest BCUT2D eigenvalue weighted by molar-refractivity contribution is 0.484. The minimum absolute atomic E-state index is 0.0712. The van der Waals surface area contributed by atoms with Crippen molar-refractivity contribution in [2.24, 2.45) is 5.92 Å². The molecule has 0 aliphatic rings. The Morgan fingerprint density at radius 2 is 2.11 bits per heavy atom. The predicted molar refractivity (Wildman–Crippen MR) is 77.3 cm³/mol. The second-order valence-corrected chi connectivity index (χ2v) is 6.95. The average molecular weight is 335 g/mol. The molecule has 0 spiro atoms. The van der Waals surface area contributed by atoms with Gasteiger partial charge in [0.05, 0.1) is 5.75 Å². The lowest BCUT2D eigenvalue weighted by Crippen LogP contribution is -2.39. The van der Waals surface area contributed by atoms with E-state index >= 15 is 0 Å². The summed E-state index contributed by atoms with van der Waals surface area (Å²) in [7, 11) is -3.24. The number of sulfonamides is 1. The van der Waals surface area contributed by atoms with Gasteiger partial charge in [-0.15, -0.1) is 0 Å². The number of nitrogens with zero attached hydrogens (tertiary/aromatic N) is 1. The molecule has 0 aromatic carbocycles. The molecule has 6 heteroatoms. The summed E-state index contributed by atoms with van der Waals surface area (Å²) in [5, 5.41) is 0.775. The van der Waals surface area contributed by atoms with E-state index in [2.05, 4.69) is 25.6 Å². The molecule has 18 heavy (non-hydrogen) atoms. The van der Waals surface area contributed by atoms with Crippen molar-refractivity contribution in [1.82, 2.24) is 9.71 Å². The highest BCUT2D eigenvalue weighted by atomic mass is 79.9. The fourth-order valence-electron chi connectivity index (χ4n) is 1.38. The summed E-state index contributed by atoms with van der Waals surface area (Å²) in [6.07, 6.45) is 2.11. The number of aryl methyl sites for hydroxylation is 1. The van der Waals surface area contributed by atoms with E-state index in [1.165, 1.54) is 0 Å². The molecule has 0 radical (unpaired) electrons. The molecule has 1 heterocycles. The molecule has 1 aromatic heterocycles. The van der Waals surface area contributed by atoms with Gasteiger partial charge in [0.15, 0.2) is 0 Å². The molecular formula is C12H19BrN2O2S. The fraction of sp³-hybridized carbons (Fsp3) is 0.583. The van der Waals surface area contributed by atoms with Crippen molar-refractivity contribution in [1.29, 1.82) is 0 Å². The average Bonchev–Trinajstić information content (AvgIpc) is 2.36. The number of hydrogen-bond donors (Lipinski definition) is 1. The minimum atomic E-state index is -3.24. The smallest absolute Gasteiger partial charge is 0.212 e. The SMILES string of the molecule is CC(CBr)C(C)NS(=O)(=O)CCc1ccccn1. The number of halogens is 1. The van der Waals surface area contributed by atoms with Crippen molar-refractivity contribution < 1.29 is 8.42 Å². The van der Waals surface area contributed by atoms with E-state index in [0.717, 1.165) is 11.0 Å². The van der Waals surface area contributed by atoms with Crippen molar-refractivity contribution in [3.63, 3.8) is 0 Å². The second kappa shape index (κ2) is 7.21. The van der Waals surface area contributed by atoms with Gasteiger partial charge in [-0.3, -0.25) is 4.98 Å². The molecule has 4 nitrogen and oxygen atoms in total. The number of rotatable bonds is 7. The van der Waals surface area contributed by atoms with Crippen molar-refractivity contribution in [3.05, 3.63) is 30.1 Å². The lowest BCUT2D eigenvalue weighted by Gasteiger charge is -2.19. The van der Waals surface area contributed by atoms with Crippen molar-refractivity contribution >= 4 is 26.0 Å². The molecule has 1 N–H and O–H groups in total. The van der Waals surface area contributed by atoms with Crippen LogP contribution in [-0.2, 0) is 16.4 Å². The highest BCUT2D eigenvalue weighted by Crippen LogP contribution is 2.07. The quantitative estimate of drug-likeness (QED) is 0.775. The zero-order chi connectivity index (χ0) is 13.6. The molecule has 0 saturated carbocycles. The van der Waals surface area contributed by atoms with Gasteiger partial charge in [0.1, 0.15) is 0 Å². The highest BCUT2D eigenvalue weighted by Gasteiger charge is 2.18. The molecular weight excluding hydrogens is 316 g/mol. The summed E-state index contributed by atoms with van der Waals surface area (Å²) in [5.74, 6) is 0.332. The molecule has 0 aliphatic heterocycles. The topological polar surface area (TPSA) is 59.1 Å². The Morgan fingerprint density at radius 3 is 2.67 bits per heavy atom. The maximum Gasteiger partial charge on any atom is 0.212 e. The van der Waals surface area contributed by atoms with Gasteiger partial charge in [-0.2, -0.15) is 0 Å². The second-order valence-electron chi connectivity index (χ2n) is 4.43. The van der Waals surface area contributed by atoms with Gasteiger partial charge >= 0.3 is 0 Å². The normalized spacial score (nSPS) is 15.3. The molecule has 1 aromatic rings. The van der Waals surface area contributed by atoms with Crippen LogP contribution in [0.4, 0.5) is 0 Å². The molecule has 0 bridgehead atoms. The van der Waals surface area contributed by atoms with Crippen LogP contribution in [0, 0.1) is 5.92 Å². The number of alkyl halides is 1. The summed E-state index contributed by atoms with van der Waals surface area (Å²) in [6.45, 7) is 3.88. The molecule has 2 atom stereocenters. The summed E-state index contributed by atoms with van der Waals surface area (Å²) >= 11 is 3.35. The first-order chi connectivity index (χ1) is 8.44. The molecule has 2 unspecified atom stereocenters. The first kappa shape index (κ1) is 15.6. The number of aromatic nitrogens is 1. The van der Waals surface area contributed by atoms with Crippen LogP contribution in [0.2, 0.25) is 0 Å². The van der Waals surface area contributed by atoms with E-state index in [9.17, 15) is 8.42 Å². The Kier molecular flexibility index (Phi) is 6.25. The van der Waals surface area contributed by atoms with Gasteiger partial charge in [0.25, 0.3) is 0 Å². The van der Waals surface area contributed by atoms with Gasteiger partial charge < -0.3 is 0 Å². The maximum atomic E-state index is 11.9. The van der Waals surface area contributed by atoms with Crippen molar-refractivity contribution in [3.8, 4) is 0 Å². The van der Waals surface area contributed by atoms with Crippen LogP contribution in [-0.4, -0.2) is 30.5 Å². The zero-order valence-corrected chi connectivity index (χ0v) is 13.0. The van der Waals surface area contributed by atoms with Gasteiger partial charge in [-0.25, -0.2) is 13.1 Å². The van der Waals surface area contributed by atoms with Gasteiger partial charge in [0.2, 0.25) is 10.0 Å². The predicted octanol–water partition coefficient (Wildman–Crippen LogP) is 1.96. The zero-order valence-electron chi connectivity index (χ0n) is 10.6. The largest absolute Gasteiger partial charge is 0.261 e. The number of hydrogen-bond acceptors (Lipinski definition) is 3. The molecule has 102 valence electrons. The Bertz CT molecular complexity index is 450. The first-order valence-corrected chi connectivity index (χ1v) is 8.68. The summed E-state index contributed by atoms with van der Waals surface area (Å²) < 4.78 is 26.5. The Morgan fingerprint density at radius 1 is 1.39 bits per heavy atom. The Hall–Kier alpha value is -0.460. The summed E-state index contributed by atoms with van der Waals surface area (Å²) in [6, 6.07) is 5.44. The van der Waals surface area contributed by atoms with E-state index in [0.29, 0.717) is 6.42 Å². The highest BCUT2D eigenvalue weighted by molar-refractivity contribution is 9.09. The van der Waals surface area contributed by atoms with Gasteiger partial charge in [-0.05, 0) is 25.0 Å². The van der Waals surface area contributed by atoms with E-state index in [-0.39, 0.29) is 17.7 Å². The van der Waals surface area contributed by atoms with Crippen molar-refractivity contribution in [2.75, 3.05) is 11.1 Å². The standard InChI is InChI=1S/C12H19BrN2O2S/c1-10(9-13)11(2)15-18(16,17)8-6-12-5-3-4-7-14-12/h3-5,7,10-11,15H,6,8-9H2,1-2H3. The third-order valence-electron chi connectivity index (χ3n) is 2.82. The van der Waals surface area contributed by atoms with Crippen LogP contribution < -0.4 is 4.72 Å². The van der Waals surface area contributed by atoms with Crippen LogP contribution in [0.3, 0.4) is 0 Å². The number of nitrogens with one attached hydrogen (secondary N) is 1. The maximum absolute atomic E-state index is 11.9. The molecule has 1 rings (SSSR count). The summed E-state index contributed by atoms with van der Waals surface area (Å²) in [5.41, 5.74) is 0.795.